The minimum atomic E-state index is -0.454. The van der Waals surface area contributed by atoms with E-state index in [4.69, 9.17) is 0 Å². The smallest absolute Gasteiger partial charge is 0.272 e. The van der Waals surface area contributed by atoms with Gasteiger partial charge in [0.2, 0.25) is 5.91 Å². The second-order valence-electron chi connectivity index (χ2n) is 14.9. The summed E-state index contributed by atoms with van der Waals surface area (Å²) < 4.78 is 0. The minimum Gasteiger partial charge on any atom is -0.368 e. The number of ketones is 1. The van der Waals surface area contributed by atoms with Crippen molar-refractivity contribution in [2.75, 3.05) is 44.2 Å². The number of aromatic amines is 1. The number of carbonyl (C=O) groups is 3. The van der Waals surface area contributed by atoms with Crippen molar-refractivity contribution in [3.63, 3.8) is 0 Å². The van der Waals surface area contributed by atoms with Crippen LogP contribution in [0.25, 0.3) is 10.9 Å². The Bertz CT molecular complexity index is 1510. The van der Waals surface area contributed by atoms with Gasteiger partial charge in [0.25, 0.3) is 5.91 Å². The van der Waals surface area contributed by atoms with Crippen LogP contribution in [0.2, 0.25) is 0 Å². The third-order valence-corrected chi connectivity index (χ3v) is 9.91. The third-order valence-electron chi connectivity index (χ3n) is 9.91. The molecule has 234 valence electrons. The highest BCUT2D eigenvalue weighted by Crippen LogP contribution is 2.38. The van der Waals surface area contributed by atoms with Crippen LogP contribution in [0.1, 0.15) is 75.4 Å². The molecule has 2 aromatic heterocycles. The highest BCUT2D eigenvalue weighted by atomic mass is 16.2. The molecule has 3 aliphatic rings. The first kappa shape index (κ1) is 30.3. The molecule has 0 spiro atoms. The molecule has 2 amide bonds. The number of anilines is 1. The fourth-order valence-corrected chi connectivity index (χ4v) is 7.15. The highest BCUT2D eigenvalue weighted by Gasteiger charge is 2.50. The maximum Gasteiger partial charge on any atom is 0.272 e. The van der Waals surface area contributed by atoms with Crippen molar-refractivity contribution in [2.45, 2.75) is 72.0 Å². The van der Waals surface area contributed by atoms with Crippen molar-refractivity contribution >= 4 is 34.2 Å². The van der Waals surface area contributed by atoms with Gasteiger partial charge >= 0.3 is 0 Å². The van der Waals surface area contributed by atoms with Gasteiger partial charge in [0, 0.05) is 62.1 Å². The average molecular weight is 599 g/mol. The van der Waals surface area contributed by atoms with E-state index in [-0.39, 0.29) is 47.1 Å². The molecule has 5 heterocycles. The number of aromatic nitrogens is 2. The van der Waals surface area contributed by atoms with E-state index in [2.05, 4.69) is 40.5 Å². The van der Waals surface area contributed by atoms with Gasteiger partial charge in [-0.15, -0.1) is 0 Å². The molecule has 0 unspecified atom stereocenters. The van der Waals surface area contributed by atoms with E-state index < -0.39 is 5.92 Å². The number of fused-ring (bicyclic) bond motifs is 3. The zero-order valence-electron chi connectivity index (χ0n) is 27.0. The Balaban J connectivity index is 1.08. The molecule has 3 saturated heterocycles. The first-order valence-corrected chi connectivity index (χ1v) is 16.0. The van der Waals surface area contributed by atoms with Gasteiger partial charge in [0.15, 0.2) is 5.78 Å². The Hall–Kier alpha value is -3.72. The SMILES string of the molecule is CC(C)(C)[C@H](CC(=O)c1cc2ccccc2[nH]1)C(=O)N1C[C@@H]2C[C@H]1CN2C(=O)c1ccc(N2CCN(C(C)(C)C)CC2)cn1. The largest absolute Gasteiger partial charge is 0.368 e. The number of piperazine rings is 2. The first-order valence-electron chi connectivity index (χ1n) is 16.0. The number of hydrogen-bond donors (Lipinski definition) is 1. The topological polar surface area (TPSA) is 92.8 Å². The van der Waals surface area contributed by atoms with Crippen molar-refractivity contribution in [1.82, 2.24) is 24.7 Å². The lowest BCUT2D eigenvalue weighted by Crippen LogP contribution is -2.53. The molecule has 1 aromatic carbocycles. The third kappa shape index (κ3) is 5.86. The summed E-state index contributed by atoms with van der Waals surface area (Å²) in [6, 6.07) is 13.5. The molecule has 6 rings (SSSR count). The van der Waals surface area contributed by atoms with Crippen LogP contribution < -0.4 is 4.90 Å². The summed E-state index contributed by atoms with van der Waals surface area (Å²) in [5.41, 5.74) is 2.73. The number of nitrogens with one attached hydrogen (secondary N) is 1. The van der Waals surface area contributed by atoms with Crippen molar-refractivity contribution in [1.29, 1.82) is 0 Å². The zero-order valence-corrected chi connectivity index (χ0v) is 27.0. The Morgan fingerprint density at radius 3 is 2.18 bits per heavy atom. The summed E-state index contributed by atoms with van der Waals surface area (Å²) in [5, 5.41) is 0.985. The van der Waals surface area contributed by atoms with Gasteiger partial charge in [-0.1, -0.05) is 39.0 Å². The van der Waals surface area contributed by atoms with Crippen LogP contribution in [0.4, 0.5) is 5.69 Å². The number of H-pyrrole nitrogens is 1. The van der Waals surface area contributed by atoms with Gasteiger partial charge in [-0.3, -0.25) is 19.3 Å². The van der Waals surface area contributed by atoms with Crippen molar-refractivity contribution in [3.05, 3.63) is 60.0 Å². The molecule has 9 nitrogen and oxygen atoms in total. The number of Topliss-reactive ketones (excluding diaryl/α,β-unsaturated/α-hetero) is 1. The Labute approximate surface area is 260 Å². The molecule has 3 aliphatic heterocycles. The van der Waals surface area contributed by atoms with Gasteiger partial charge in [-0.2, -0.15) is 0 Å². The maximum atomic E-state index is 14.0. The molecule has 2 bridgehead atoms. The monoisotopic (exact) mass is 598 g/mol. The number of para-hydroxylation sites is 1. The molecular formula is C35H46N6O3. The van der Waals surface area contributed by atoms with Crippen LogP contribution in [0.3, 0.4) is 0 Å². The molecule has 3 fully saturated rings. The molecule has 0 aliphatic carbocycles. The highest BCUT2D eigenvalue weighted by molar-refractivity contribution is 6.01. The molecule has 3 aromatic rings. The fraction of sp³-hybridized carbons (Fsp3) is 0.543. The summed E-state index contributed by atoms with van der Waals surface area (Å²) in [7, 11) is 0. The number of benzene rings is 1. The van der Waals surface area contributed by atoms with Crippen LogP contribution in [0, 0.1) is 11.3 Å². The van der Waals surface area contributed by atoms with E-state index >= 15 is 0 Å². The summed E-state index contributed by atoms with van der Waals surface area (Å²) >= 11 is 0. The van der Waals surface area contributed by atoms with Gasteiger partial charge < -0.3 is 19.7 Å². The van der Waals surface area contributed by atoms with E-state index in [9.17, 15) is 14.4 Å². The number of likely N-dealkylation sites (tertiary alicyclic amines) is 2. The minimum absolute atomic E-state index is 0.00981. The lowest BCUT2D eigenvalue weighted by Gasteiger charge is -2.43. The lowest BCUT2D eigenvalue weighted by atomic mass is 9.76. The first-order chi connectivity index (χ1) is 20.8. The molecule has 3 atom stereocenters. The van der Waals surface area contributed by atoms with Crippen molar-refractivity contribution in [2.24, 2.45) is 11.3 Å². The van der Waals surface area contributed by atoms with Crippen LogP contribution in [0.15, 0.2) is 48.7 Å². The number of carbonyl (C=O) groups excluding carboxylic acids is 3. The summed E-state index contributed by atoms with van der Waals surface area (Å²) in [6.07, 6.45) is 2.73. The van der Waals surface area contributed by atoms with E-state index in [1.165, 1.54) is 0 Å². The molecule has 0 radical (unpaired) electrons. The molecule has 9 heteroatoms. The van der Waals surface area contributed by atoms with Gasteiger partial charge in [0.1, 0.15) is 5.69 Å². The summed E-state index contributed by atoms with van der Waals surface area (Å²) in [5.74, 6) is -0.573. The average Bonchev–Trinajstić information content (AvgIpc) is 3.73. The van der Waals surface area contributed by atoms with Crippen molar-refractivity contribution in [3.8, 4) is 0 Å². The number of amides is 2. The predicted molar refractivity (Wildman–Crippen MR) is 173 cm³/mol. The van der Waals surface area contributed by atoms with Gasteiger partial charge in [-0.25, -0.2) is 4.98 Å². The van der Waals surface area contributed by atoms with Crippen LogP contribution in [-0.4, -0.2) is 99.2 Å². The standard InChI is InChI=1S/C35H46N6O3/c1-34(2,3)27(19-31(42)30-17-23-9-7-8-10-28(23)37-30)32(43)40-21-26-18-25(40)22-41(26)33(44)29-12-11-24(20-36-29)38-13-15-39(16-14-38)35(4,5)6/h7-12,17,20,25-27,37H,13-16,18-19,21-22H2,1-6H3/t25-,26-,27+/m0/s1. The van der Waals surface area contributed by atoms with E-state index in [1.807, 2.05) is 79.2 Å². The lowest BCUT2D eigenvalue weighted by molar-refractivity contribution is -0.141. The van der Waals surface area contributed by atoms with E-state index in [1.54, 1.807) is 0 Å². The number of rotatable bonds is 6. The van der Waals surface area contributed by atoms with E-state index in [0.29, 0.717) is 24.5 Å². The Morgan fingerprint density at radius 1 is 0.909 bits per heavy atom. The van der Waals surface area contributed by atoms with Gasteiger partial charge in [0.05, 0.1) is 35.6 Å². The number of nitrogens with zero attached hydrogens (tertiary/aromatic N) is 5. The predicted octanol–water partition coefficient (Wildman–Crippen LogP) is 4.84. The maximum absolute atomic E-state index is 14.0. The molecular weight excluding hydrogens is 552 g/mol. The summed E-state index contributed by atoms with van der Waals surface area (Å²) in [4.78, 5) is 57.3. The van der Waals surface area contributed by atoms with Crippen LogP contribution in [-0.2, 0) is 4.79 Å². The Morgan fingerprint density at radius 2 is 1.59 bits per heavy atom. The van der Waals surface area contributed by atoms with Crippen LogP contribution in [0.5, 0.6) is 0 Å². The number of pyridine rings is 1. The Kier molecular flexibility index (Phi) is 7.80. The second-order valence-corrected chi connectivity index (χ2v) is 14.9. The quantitative estimate of drug-likeness (QED) is 0.408. The fourth-order valence-electron chi connectivity index (χ4n) is 7.15. The normalized spacial score (nSPS) is 21.7. The zero-order chi connectivity index (χ0) is 31.4. The second kappa shape index (κ2) is 11.3. The van der Waals surface area contributed by atoms with Crippen molar-refractivity contribution < 1.29 is 14.4 Å². The van der Waals surface area contributed by atoms with Crippen LogP contribution >= 0.6 is 0 Å². The van der Waals surface area contributed by atoms with Gasteiger partial charge in [-0.05, 0) is 56.9 Å². The molecule has 1 N–H and O–H groups in total. The van der Waals surface area contributed by atoms with E-state index in [0.717, 1.165) is 49.2 Å². The molecule has 0 saturated carbocycles. The molecule has 44 heavy (non-hydrogen) atoms. The summed E-state index contributed by atoms with van der Waals surface area (Å²) in [6.45, 7) is 17.7. The number of hydrogen-bond acceptors (Lipinski definition) is 6.